The fraction of sp³-hybridized carbons (Fsp3) is 0.167. The molecule has 0 heterocycles. The Labute approximate surface area is 116 Å². The summed E-state index contributed by atoms with van der Waals surface area (Å²) in [6, 6.07) is 6.26. The molecule has 1 aromatic carbocycles. The van der Waals surface area contributed by atoms with Gasteiger partial charge in [-0.2, -0.15) is 0 Å². The number of carboxylic acids is 1. The lowest BCUT2D eigenvalue weighted by Gasteiger charge is -2.05. The summed E-state index contributed by atoms with van der Waals surface area (Å²) in [6.45, 7) is -0.0904. The summed E-state index contributed by atoms with van der Waals surface area (Å²) in [4.78, 5) is 22.1. The van der Waals surface area contributed by atoms with Crippen LogP contribution < -0.4 is 10.5 Å². The van der Waals surface area contributed by atoms with E-state index in [2.05, 4.69) is 5.32 Å². The fourth-order valence-electron chi connectivity index (χ4n) is 1.36. The molecular formula is C12H14N2O5S. The van der Waals surface area contributed by atoms with Crippen molar-refractivity contribution < 1.29 is 23.1 Å². The first kappa shape index (κ1) is 15.9. The smallest absolute Gasteiger partial charge is 0.328 e. The third-order valence-corrected chi connectivity index (χ3v) is 3.01. The lowest BCUT2D eigenvalue weighted by Crippen LogP contribution is -2.31. The molecule has 0 aliphatic carbocycles. The highest BCUT2D eigenvalue weighted by molar-refractivity contribution is 7.89. The molecule has 8 heteroatoms. The maximum atomic E-state index is 11.7. The van der Waals surface area contributed by atoms with Gasteiger partial charge >= 0.3 is 5.97 Å². The number of nitrogens with two attached hydrogens (primary N) is 1. The largest absolute Gasteiger partial charge is 0.478 e. The van der Waals surface area contributed by atoms with Crippen LogP contribution in [0.3, 0.4) is 0 Å². The van der Waals surface area contributed by atoms with Gasteiger partial charge in [0.05, 0.1) is 5.75 Å². The molecule has 7 nitrogen and oxygen atoms in total. The Kier molecular flexibility index (Phi) is 5.42. The van der Waals surface area contributed by atoms with Crippen molar-refractivity contribution in [2.24, 2.45) is 5.14 Å². The van der Waals surface area contributed by atoms with Crippen molar-refractivity contribution in [2.45, 2.75) is 0 Å². The highest BCUT2D eigenvalue weighted by Crippen LogP contribution is 2.07. The summed E-state index contributed by atoms with van der Waals surface area (Å²) >= 11 is 0. The molecule has 0 saturated carbocycles. The summed E-state index contributed by atoms with van der Waals surface area (Å²) in [6.07, 6.45) is 2.31. The van der Waals surface area contributed by atoms with E-state index in [4.69, 9.17) is 10.2 Å². The molecule has 0 saturated heterocycles. The van der Waals surface area contributed by atoms with Crippen molar-refractivity contribution in [3.05, 3.63) is 41.5 Å². The standard InChI is InChI=1S/C12H14N2O5S/c13-20(18,19)7-6-14-12(17)10-3-1-2-9(8-10)4-5-11(15)16/h1-5,8H,6-7H2,(H,14,17)(H,15,16)(H2,13,18,19). The fourth-order valence-corrected chi connectivity index (χ4v) is 1.75. The predicted molar refractivity (Wildman–Crippen MR) is 73.4 cm³/mol. The lowest BCUT2D eigenvalue weighted by atomic mass is 10.1. The second-order valence-corrected chi connectivity index (χ2v) is 5.65. The highest BCUT2D eigenvalue weighted by atomic mass is 32.2. The zero-order valence-electron chi connectivity index (χ0n) is 10.4. The number of amides is 1. The Morgan fingerprint density at radius 1 is 1.35 bits per heavy atom. The number of hydrogen-bond donors (Lipinski definition) is 3. The van der Waals surface area contributed by atoms with E-state index in [9.17, 15) is 18.0 Å². The predicted octanol–water partition coefficient (Wildman–Crippen LogP) is -0.197. The summed E-state index contributed by atoms with van der Waals surface area (Å²) in [5, 5.41) is 15.7. The molecule has 108 valence electrons. The Balaban J connectivity index is 2.69. The Bertz CT molecular complexity index is 637. The van der Waals surface area contributed by atoms with Crippen LogP contribution in [0.1, 0.15) is 15.9 Å². The molecule has 20 heavy (non-hydrogen) atoms. The van der Waals surface area contributed by atoms with Gasteiger partial charge < -0.3 is 10.4 Å². The van der Waals surface area contributed by atoms with Crippen LogP contribution in [0.5, 0.6) is 0 Å². The van der Waals surface area contributed by atoms with Gasteiger partial charge in [0.1, 0.15) is 0 Å². The number of hydrogen-bond acceptors (Lipinski definition) is 4. The first-order valence-corrected chi connectivity index (χ1v) is 7.29. The molecule has 0 aromatic heterocycles. The number of carbonyl (C=O) groups excluding carboxylic acids is 1. The van der Waals surface area contributed by atoms with Crippen LogP contribution in [0.2, 0.25) is 0 Å². The molecule has 0 atom stereocenters. The maximum Gasteiger partial charge on any atom is 0.328 e. The van der Waals surface area contributed by atoms with Gasteiger partial charge in [-0.15, -0.1) is 0 Å². The molecular weight excluding hydrogens is 284 g/mol. The second-order valence-electron chi connectivity index (χ2n) is 3.92. The number of rotatable bonds is 6. The van der Waals surface area contributed by atoms with Gasteiger partial charge in [0, 0.05) is 18.2 Å². The minimum absolute atomic E-state index is 0.0904. The van der Waals surface area contributed by atoms with Crippen molar-refractivity contribution in [1.29, 1.82) is 0 Å². The van der Waals surface area contributed by atoms with E-state index in [1.807, 2.05) is 0 Å². The van der Waals surface area contributed by atoms with Crippen LogP contribution >= 0.6 is 0 Å². The van der Waals surface area contributed by atoms with Gasteiger partial charge in [0.2, 0.25) is 10.0 Å². The molecule has 0 spiro atoms. The second kappa shape index (κ2) is 6.83. The van der Waals surface area contributed by atoms with Crippen LogP contribution in [0.15, 0.2) is 30.3 Å². The molecule has 0 aliphatic heterocycles. The van der Waals surface area contributed by atoms with E-state index in [0.29, 0.717) is 11.1 Å². The topological polar surface area (TPSA) is 127 Å². The average Bonchev–Trinajstić information content (AvgIpc) is 2.35. The average molecular weight is 298 g/mol. The first-order valence-electron chi connectivity index (χ1n) is 5.58. The number of benzene rings is 1. The number of carboxylic acid groups (broad SMARTS) is 1. The van der Waals surface area contributed by atoms with Gasteiger partial charge in [0.15, 0.2) is 0 Å². The lowest BCUT2D eigenvalue weighted by molar-refractivity contribution is -0.131. The number of nitrogens with one attached hydrogen (secondary N) is 1. The number of aliphatic carboxylic acids is 1. The van der Waals surface area contributed by atoms with Crippen LogP contribution in [-0.4, -0.2) is 37.7 Å². The molecule has 1 amide bonds. The van der Waals surface area contributed by atoms with Crippen LogP contribution in [0, 0.1) is 0 Å². The zero-order chi connectivity index (χ0) is 15.2. The van der Waals surface area contributed by atoms with E-state index in [0.717, 1.165) is 6.08 Å². The molecule has 0 aliphatic rings. The van der Waals surface area contributed by atoms with Crippen molar-refractivity contribution in [3.8, 4) is 0 Å². The van der Waals surface area contributed by atoms with Gasteiger partial charge in [0.25, 0.3) is 5.91 Å². The SMILES string of the molecule is NS(=O)(=O)CCNC(=O)c1cccc(C=CC(=O)O)c1. The Morgan fingerprint density at radius 3 is 2.65 bits per heavy atom. The number of sulfonamides is 1. The number of carbonyl (C=O) groups is 2. The highest BCUT2D eigenvalue weighted by Gasteiger charge is 2.07. The van der Waals surface area contributed by atoms with Gasteiger partial charge in [-0.1, -0.05) is 12.1 Å². The van der Waals surface area contributed by atoms with Crippen molar-refractivity contribution in [2.75, 3.05) is 12.3 Å². The van der Waals surface area contributed by atoms with Crippen LogP contribution in [0.25, 0.3) is 6.08 Å². The van der Waals surface area contributed by atoms with Gasteiger partial charge in [-0.05, 0) is 23.8 Å². The normalized spacial score (nSPS) is 11.4. The van der Waals surface area contributed by atoms with E-state index in [-0.39, 0.29) is 12.3 Å². The molecule has 1 rings (SSSR count). The minimum Gasteiger partial charge on any atom is -0.478 e. The van der Waals surface area contributed by atoms with Crippen LogP contribution in [-0.2, 0) is 14.8 Å². The van der Waals surface area contributed by atoms with Crippen molar-refractivity contribution >= 4 is 28.0 Å². The van der Waals surface area contributed by atoms with E-state index >= 15 is 0 Å². The van der Waals surface area contributed by atoms with Crippen molar-refractivity contribution in [1.82, 2.24) is 5.32 Å². The van der Waals surface area contributed by atoms with Gasteiger partial charge in [-0.25, -0.2) is 18.4 Å². The molecule has 1 aromatic rings. The molecule has 0 radical (unpaired) electrons. The molecule has 0 unspecified atom stereocenters. The van der Waals surface area contributed by atoms with Crippen molar-refractivity contribution in [3.63, 3.8) is 0 Å². The van der Waals surface area contributed by atoms with Gasteiger partial charge in [-0.3, -0.25) is 4.79 Å². The monoisotopic (exact) mass is 298 g/mol. The molecule has 0 fully saturated rings. The minimum atomic E-state index is -3.62. The zero-order valence-corrected chi connectivity index (χ0v) is 11.3. The summed E-state index contributed by atoms with van der Waals surface area (Å²) in [5.41, 5.74) is 0.846. The Hall–Kier alpha value is -2.19. The third-order valence-electron chi connectivity index (χ3n) is 2.24. The van der Waals surface area contributed by atoms with Crippen LogP contribution in [0.4, 0.5) is 0 Å². The third kappa shape index (κ3) is 6.12. The maximum absolute atomic E-state index is 11.7. The molecule has 4 N–H and O–H groups in total. The Morgan fingerprint density at radius 2 is 2.05 bits per heavy atom. The van der Waals surface area contributed by atoms with E-state index in [1.165, 1.54) is 18.2 Å². The van der Waals surface area contributed by atoms with E-state index < -0.39 is 21.9 Å². The quantitative estimate of drug-likeness (QED) is 0.627. The molecule has 0 bridgehead atoms. The van der Waals surface area contributed by atoms with E-state index in [1.54, 1.807) is 12.1 Å². The summed E-state index contributed by atoms with van der Waals surface area (Å²) in [5.74, 6) is -1.90. The first-order chi connectivity index (χ1) is 9.28. The number of primary sulfonamides is 1. The summed E-state index contributed by atoms with van der Waals surface area (Å²) < 4.78 is 21.4. The summed E-state index contributed by atoms with van der Waals surface area (Å²) in [7, 11) is -3.62.